The Morgan fingerprint density at radius 2 is 1.73 bits per heavy atom. The van der Waals surface area contributed by atoms with Gasteiger partial charge < -0.3 is 19.3 Å². The van der Waals surface area contributed by atoms with Crippen molar-refractivity contribution in [3.05, 3.63) is 42.0 Å². The van der Waals surface area contributed by atoms with Gasteiger partial charge in [-0.3, -0.25) is 4.79 Å². The second-order valence-corrected chi connectivity index (χ2v) is 4.96. The van der Waals surface area contributed by atoms with Gasteiger partial charge in [-0.1, -0.05) is 18.2 Å². The zero-order valence-corrected chi connectivity index (χ0v) is 12.3. The van der Waals surface area contributed by atoms with Crippen LogP contribution in [-0.4, -0.2) is 25.3 Å². The normalized spacial score (nSPS) is 15.3. The van der Waals surface area contributed by atoms with Gasteiger partial charge in [0.05, 0.1) is 26.2 Å². The van der Waals surface area contributed by atoms with Crippen LogP contribution in [0.3, 0.4) is 0 Å². The minimum Gasteiger partial charge on any atom is -0.496 e. The van der Waals surface area contributed by atoms with E-state index in [9.17, 15) is 4.79 Å². The van der Waals surface area contributed by atoms with E-state index < -0.39 is 12.1 Å². The Bertz CT molecular complexity index is 723. The highest BCUT2D eigenvalue weighted by Crippen LogP contribution is 2.51. The summed E-state index contributed by atoms with van der Waals surface area (Å²) in [5, 5.41) is 9.13. The molecule has 0 saturated carbocycles. The van der Waals surface area contributed by atoms with Crippen LogP contribution in [0.2, 0.25) is 0 Å². The summed E-state index contributed by atoms with van der Waals surface area (Å²) in [7, 11) is 3.18. The molecule has 1 aliphatic heterocycles. The Kier molecular flexibility index (Phi) is 3.63. The number of carboxylic acids is 1. The Morgan fingerprint density at radius 3 is 2.36 bits per heavy atom. The van der Waals surface area contributed by atoms with E-state index in [0.29, 0.717) is 17.2 Å². The van der Waals surface area contributed by atoms with Crippen LogP contribution in [-0.2, 0) is 4.79 Å². The molecule has 2 aromatic carbocycles. The maximum Gasteiger partial charge on any atom is 0.307 e. The molecule has 1 aliphatic rings. The van der Waals surface area contributed by atoms with Gasteiger partial charge in [-0.15, -0.1) is 0 Å². The maximum absolute atomic E-state index is 11.1. The standard InChI is InChI=1S/C17H16O5/c1-20-11-6-3-5-10-14(9-15(18)19)22-13-8-4-7-12(21-2)17(13)16(10)11/h3-8,14H,9H2,1-2H3,(H,18,19). The van der Waals surface area contributed by atoms with Crippen molar-refractivity contribution in [2.75, 3.05) is 14.2 Å². The number of ether oxygens (including phenoxy) is 3. The molecule has 0 fully saturated rings. The molecule has 0 amide bonds. The predicted octanol–water partition coefficient (Wildman–Crippen LogP) is 3.28. The van der Waals surface area contributed by atoms with Gasteiger partial charge in [0.25, 0.3) is 0 Å². The molecule has 0 aromatic heterocycles. The van der Waals surface area contributed by atoms with Crippen molar-refractivity contribution in [1.29, 1.82) is 0 Å². The molecule has 0 spiro atoms. The molecule has 1 heterocycles. The first-order valence-electron chi connectivity index (χ1n) is 6.88. The Balaban J connectivity index is 2.26. The molecule has 1 unspecified atom stereocenters. The smallest absolute Gasteiger partial charge is 0.307 e. The van der Waals surface area contributed by atoms with Crippen LogP contribution < -0.4 is 14.2 Å². The summed E-state index contributed by atoms with van der Waals surface area (Å²) in [6.07, 6.45) is -0.668. The summed E-state index contributed by atoms with van der Waals surface area (Å²) in [5.74, 6) is 1.02. The van der Waals surface area contributed by atoms with Crippen LogP contribution in [0.5, 0.6) is 17.2 Å². The van der Waals surface area contributed by atoms with E-state index in [1.807, 2.05) is 36.4 Å². The summed E-state index contributed by atoms with van der Waals surface area (Å²) in [6.45, 7) is 0. The fraction of sp³-hybridized carbons (Fsp3) is 0.235. The first-order valence-corrected chi connectivity index (χ1v) is 6.88. The summed E-state index contributed by atoms with van der Waals surface area (Å²) >= 11 is 0. The lowest BCUT2D eigenvalue weighted by Crippen LogP contribution is -2.18. The zero-order chi connectivity index (χ0) is 15.7. The largest absolute Gasteiger partial charge is 0.496 e. The van der Waals surface area contributed by atoms with Crippen LogP contribution in [0.4, 0.5) is 0 Å². The van der Waals surface area contributed by atoms with E-state index in [0.717, 1.165) is 16.7 Å². The number of methoxy groups -OCH3 is 2. The summed E-state index contributed by atoms with van der Waals surface area (Å²) in [6, 6.07) is 11.0. The minimum absolute atomic E-state index is 0.114. The topological polar surface area (TPSA) is 65.0 Å². The van der Waals surface area contributed by atoms with Gasteiger partial charge in [0, 0.05) is 11.1 Å². The molecule has 1 N–H and O–H groups in total. The second kappa shape index (κ2) is 5.60. The fourth-order valence-electron chi connectivity index (χ4n) is 2.81. The van der Waals surface area contributed by atoms with Crippen molar-refractivity contribution >= 4 is 5.97 Å². The highest BCUT2D eigenvalue weighted by atomic mass is 16.5. The lowest BCUT2D eigenvalue weighted by atomic mass is 9.90. The Labute approximate surface area is 128 Å². The number of benzene rings is 2. The third-order valence-electron chi connectivity index (χ3n) is 3.71. The lowest BCUT2D eigenvalue weighted by molar-refractivity contribution is -0.138. The zero-order valence-electron chi connectivity index (χ0n) is 12.3. The van der Waals surface area contributed by atoms with E-state index in [-0.39, 0.29) is 6.42 Å². The number of carbonyl (C=O) groups is 1. The molecular weight excluding hydrogens is 284 g/mol. The molecular formula is C17H16O5. The van der Waals surface area contributed by atoms with Gasteiger partial charge in [-0.2, -0.15) is 0 Å². The van der Waals surface area contributed by atoms with E-state index in [4.69, 9.17) is 19.3 Å². The highest BCUT2D eigenvalue weighted by Gasteiger charge is 2.32. The Morgan fingerprint density at radius 1 is 1.09 bits per heavy atom. The lowest BCUT2D eigenvalue weighted by Gasteiger charge is -2.30. The summed E-state index contributed by atoms with van der Waals surface area (Å²) in [5.41, 5.74) is 2.41. The number of hydrogen-bond acceptors (Lipinski definition) is 4. The average molecular weight is 300 g/mol. The summed E-state index contributed by atoms with van der Waals surface area (Å²) in [4.78, 5) is 11.1. The molecule has 0 saturated heterocycles. The number of fused-ring (bicyclic) bond motifs is 3. The molecule has 2 aromatic rings. The second-order valence-electron chi connectivity index (χ2n) is 4.96. The SMILES string of the molecule is COc1cccc2c1-c1c(OC)cccc1C(CC(=O)O)O2. The quantitative estimate of drug-likeness (QED) is 0.938. The number of rotatable bonds is 4. The first kappa shape index (κ1) is 14.3. The van der Waals surface area contributed by atoms with Crippen LogP contribution in [0.25, 0.3) is 11.1 Å². The van der Waals surface area contributed by atoms with Crippen molar-refractivity contribution in [3.63, 3.8) is 0 Å². The van der Waals surface area contributed by atoms with E-state index in [2.05, 4.69) is 0 Å². The van der Waals surface area contributed by atoms with Crippen molar-refractivity contribution in [2.24, 2.45) is 0 Å². The molecule has 114 valence electrons. The van der Waals surface area contributed by atoms with Crippen molar-refractivity contribution in [1.82, 2.24) is 0 Å². The van der Waals surface area contributed by atoms with Crippen molar-refractivity contribution in [3.8, 4) is 28.4 Å². The van der Waals surface area contributed by atoms with Gasteiger partial charge in [0.1, 0.15) is 23.4 Å². The van der Waals surface area contributed by atoms with Crippen LogP contribution in [0.15, 0.2) is 36.4 Å². The minimum atomic E-state index is -0.912. The van der Waals surface area contributed by atoms with Crippen LogP contribution in [0, 0.1) is 0 Å². The third kappa shape index (κ3) is 2.24. The highest BCUT2D eigenvalue weighted by molar-refractivity contribution is 5.86. The van der Waals surface area contributed by atoms with Gasteiger partial charge in [0.2, 0.25) is 0 Å². The average Bonchev–Trinajstić information content (AvgIpc) is 2.53. The number of aliphatic carboxylic acids is 1. The predicted molar refractivity (Wildman–Crippen MR) is 80.6 cm³/mol. The van der Waals surface area contributed by atoms with Crippen LogP contribution in [0.1, 0.15) is 18.1 Å². The van der Waals surface area contributed by atoms with Gasteiger partial charge >= 0.3 is 5.97 Å². The maximum atomic E-state index is 11.1. The molecule has 5 heteroatoms. The summed E-state index contributed by atoms with van der Waals surface area (Å²) < 4.78 is 16.8. The van der Waals surface area contributed by atoms with Crippen LogP contribution >= 0.6 is 0 Å². The number of carboxylic acid groups (broad SMARTS) is 1. The molecule has 3 rings (SSSR count). The van der Waals surface area contributed by atoms with E-state index >= 15 is 0 Å². The van der Waals surface area contributed by atoms with Gasteiger partial charge in [0.15, 0.2) is 0 Å². The van der Waals surface area contributed by atoms with E-state index in [1.54, 1.807) is 14.2 Å². The molecule has 0 aliphatic carbocycles. The van der Waals surface area contributed by atoms with E-state index in [1.165, 1.54) is 0 Å². The third-order valence-corrected chi connectivity index (χ3v) is 3.71. The van der Waals surface area contributed by atoms with Gasteiger partial charge in [-0.25, -0.2) is 0 Å². The number of hydrogen-bond donors (Lipinski definition) is 1. The van der Waals surface area contributed by atoms with Crippen molar-refractivity contribution < 1.29 is 24.1 Å². The molecule has 0 bridgehead atoms. The molecule has 5 nitrogen and oxygen atoms in total. The fourth-order valence-corrected chi connectivity index (χ4v) is 2.81. The first-order chi connectivity index (χ1) is 10.7. The Hall–Kier alpha value is -2.69. The van der Waals surface area contributed by atoms with Gasteiger partial charge in [-0.05, 0) is 18.2 Å². The monoisotopic (exact) mass is 300 g/mol. The molecule has 0 radical (unpaired) electrons. The molecule has 22 heavy (non-hydrogen) atoms. The molecule has 1 atom stereocenters. The van der Waals surface area contributed by atoms with Crippen molar-refractivity contribution in [2.45, 2.75) is 12.5 Å².